The van der Waals surface area contributed by atoms with Crippen molar-refractivity contribution in [2.75, 3.05) is 6.54 Å². The molecule has 3 rings (SSSR count). The standard InChI is InChI=1S/C17H16N2O/c1-13-7-9-15(10-8-13)17(20)19-12-11-16(18-19)14-5-3-2-4-6-14/h2-10H,11-12H2,1H3. The average molecular weight is 264 g/mol. The molecule has 0 unspecified atom stereocenters. The van der Waals surface area contributed by atoms with E-state index in [0.29, 0.717) is 12.1 Å². The number of hydrogen-bond acceptors (Lipinski definition) is 2. The smallest absolute Gasteiger partial charge is 0.267 e. The van der Waals surface area contributed by atoms with Crippen LogP contribution in [0.5, 0.6) is 0 Å². The van der Waals surface area contributed by atoms with E-state index in [1.54, 1.807) is 5.01 Å². The van der Waals surface area contributed by atoms with Crippen LogP contribution in [0.25, 0.3) is 0 Å². The first-order valence-corrected chi connectivity index (χ1v) is 6.75. The zero-order chi connectivity index (χ0) is 13.9. The Balaban J connectivity index is 1.81. The van der Waals surface area contributed by atoms with E-state index in [1.807, 2.05) is 61.5 Å². The highest BCUT2D eigenvalue weighted by Gasteiger charge is 2.22. The van der Waals surface area contributed by atoms with E-state index in [4.69, 9.17) is 0 Å². The Bertz CT molecular complexity index is 644. The maximum absolute atomic E-state index is 12.4. The van der Waals surface area contributed by atoms with Crippen molar-refractivity contribution in [3.63, 3.8) is 0 Å². The van der Waals surface area contributed by atoms with Gasteiger partial charge in [0.15, 0.2) is 0 Å². The number of aryl methyl sites for hydroxylation is 1. The van der Waals surface area contributed by atoms with Gasteiger partial charge in [0.25, 0.3) is 5.91 Å². The number of hydrazone groups is 1. The number of nitrogens with zero attached hydrogens (tertiary/aromatic N) is 2. The lowest BCUT2D eigenvalue weighted by Gasteiger charge is -2.11. The lowest BCUT2D eigenvalue weighted by molar-refractivity contribution is 0.0778. The van der Waals surface area contributed by atoms with Gasteiger partial charge in [-0.25, -0.2) is 5.01 Å². The van der Waals surface area contributed by atoms with Crippen molar-refractivity contribution in [1.82, 2.24) is 5.01 Å². The molecule has 1 aliphatic rings. The van der Waals surface area contributed by atoms with E-state index in [0.717, 1.165) is 23.3 Å². The Kier molecular flexibility index (Phi) is 3.33. The summed E-state index contributed by atoms with van der Waals surface area (Å²) in [4.78, 5) is 12.4. The van der Waals surface area contributed by atoms with Gasteiger partial charge in [0.05, 0.1) is 12.3 Å². The highest BCUT2D eigenvalue weighted by molar-refractivity contribution is 6.04. The van der Waals surface area contributed by atoms with Crippen molar-refractivity contribution in [1.29, 1.82) is 0 Å². The molecule has 0 aromatic heterocycles. The van der Waals surface area contributed by atoms with E-state index in [1.165, 1.54) is 0 Å². The number of carbonyl (C=O) groups excluding carboxylic acids is 1. The van der Waals surface area contributed by atoms with Gasteiger partial charge in [0.1, 0.15) is 0 Å². The third-order valence-corrected chi connectivity index (χ3v) is 3.44. The summed E-state index contributed by atoms with van der Waals surface area (Å²) < 4.78 is 0. The van der Waals surface area contributed by atoms with Gasteiger partial charge in [-0.2, -0.15) is 5.10 Å². The SMILES string of the molecule is Cc1ccc(C(=O)N2CCC(c3ccccc3)=N2)cc1. The summed E-state index contributed by atoms with van der Waals surface area (Å²) in [5, 5.41) is 6.02. The second-order valence-electron chi connectivity index (χ2n) is 4.96. The first kappa shape index (κ1) is 12.6. The van der Waals surface area contributed by atoms with Gasteiger partial charge in [0.2, 0.25) is 0 Å². The third-order valence-electron chi connectivity index (χ3n) is 3.44. The molecule has 100 valence electrons. The molecule has 1 aliphatic heterocycles. The Morgan fingerprint density at radius 1 is 1.05 bits per heavy atom. The summed E-state index contributed by atoms with van der Waals surface area (Å²) in [5.41, 5.74) is 3.91. The number of rotatable bonds is 2. The molecule has 0 saturated heterocycles. The predicted molar refractivity (Wildman–Crippen MR) is 79.8 cm³/mol. The fraction of sp³-hybridized carbons (Fsp3) is 0.176. The molecular formula is C17H16N2O. The maximum atomic E-state index is 12.4. The monoisotopic (exact) mass is 264 g/mol. The Morgan fingerprint density at radius 2 is 1.75 bits per heavy atom. The van der Waals surface area contributed by atoms with E-state index in [9.17, 15) is 4.79 Å². The van der Waals surface area contributed by atoms with Crippen LogP contribution in [0.1, 0.15) is 27.9 Å². The maximum Gasteiger partial charge on any atom is 0.273 e. The Morgan fingerprint density at radius 3 is 2.45 bits per heavy atom. The summed E-state index contributed by atoms with van der Waals surface area (Å²) in [7, 11) is 0. The molecule has 3 nitrogen and oxygen atoms in total. The van der Waals surface area contributed by atoms with Gasteiger partial charge in [-0.05, 0) is 24.6 Å². The van der Waals surface area contributed by atoms with E-state index >= 15 is 0 Å². The molecule has 0 radical (unpaired) electrons. The molecular weight excluding hydrogens is 248 g/mol. The van der Waals surface area contributed by atoms with Crippen LogP contribution in [-0.2, 0) is 0 Å². The molecule has 1 heterocycles. The van der Waals surface area contributed by atoms with Crippen LogP contribution in [0.15, 0.2) is 59.7 Å². The van der Waals surface area contributed by atoms with Gasteiger partial charge in [-0.1, -0.05) is 48.0 Å². The van der Waals surface area contributed by atoms with Crippen molar-refractivity contribution < 1.29 is 4.79 Å². The predicted octanol–water partition coefficient (Wildman–Crippen LogP) is 3.25. The highest BCUT2D eigenvalue weighted by atomic mass is 16.2. The minimum absolute atomic E-state index is 0.0315. The minimum Gasteiger partial charge on any atom is -0.267 e. The topological polar surface area (TPSA) is 32.7 Å². The Labute approximate surface area is 118 Å². The fourth-order valence-electron chi connectivity index (χ4n) is 2.28. The molecule has 0 N–H and O–H groups in total. The Hall–Kier alpha value is -2.42. The van der Waals surface area contributed by atoms with Gasteiger partial charge in [-0.3, -0.25) is 4.79 Å². The largest absolute Gasteiger partial charge is 0.273 e. The highest BCUT2D eigenvalue weighted by Crippen LogP contribution is 2.16. The fourth-order valence-corrected chi connectivity index (χ4v) is 2.28. The lowest BCUT2D eigenvalue weighted by atomic mass is 10.1. The zero-order valence-corrected chi connectivity index (χ0v) is 11.4. The number of benzene rings is 2. The summed E-state index contributed by atoms with van der Waals surface area (Å²) in [6.45, 7) is 2.66. The summed E-state index contributed by atoms with van der Waals surface area (Å²) >= 11 is 0. The molecule has 2 aromatic carbocycles. The van der Waals surface area contributed by atoms with Gasteiger partial charge in [0, 0.05) is 12.0 Å². The molecule has 3 heteroatoms. The first-order valence-electron chi connectivity index (χ1n) is 6.75. The average Bonchev–Trinajstić information content (AvgIpc) is 2.98. The molecule has 0 atom stereocenters. The minimum atomic E-state index is -0.0315. The molecule has 0 bridgehead atoms. The molecule has 2 aromatic rings. The van der Waals surface area contributed by atoms with E-state index in [-0.39, 0.29) is 5.91 Å². The van der Waals surface area contributed by atoms with Crippen LogP contribution < -0.4 is 0 Å². The quantitative estimate of drug-likeness (QED) is 0.819. The second-order valence-corrected chi connectivity index (χ2v) is 4.96. The van der Waals surface area contributed by atoms with Crippen LogP contribution >= 0.6 is 0 Å². The lowest BCUT2D eigenvalue weighted by Crippen LogP contribution is -2.23. The summed E-state index contributed by atoms with van der Waals surface area (Å²) in [6.07, 6.45) is 0.807. The zero-order valence-electron chi connectivity index (χ0n) is 11.4. The van der Waals surface area contributed by atoms with Gasteiger partial charge < -0.3 is 0 Å². The van der Waals surface area contributed by atoms with E-state index in [2.05, 4.69) is 5.10 Å². The van der Waals surface area contributed by atoms with Crippen molar-refractivity contribution >= 4 is 11.6 Å². The van der Waals surface area contributed by atoms with Crippen molar-refractivity contribution in [2.45, 2.75) is 13.3 Å². The molecule has 0 fully saturated rings. The van der Waals surface area contributed by atoms with Crippen LogP contribution in [0, 0.1) is 6.92 Å². The molecule has 0 saturated carbocycles. The second kappa shape index (κ2) is 5.29. The molecule has 1 amide bonds. The van der Waals surface area contributed by atoms with E-state index < -0.39 is 0 Å². The van der Waals surface area contributed by atoms with Crippen molar-refractivity contribution in [2.24, 2.45) is 5.10 Å². The van der Waals surface area contributed by atoms with Crippen LogP contribution in [-0.4, -0.2) is 23.2 Å². The first-order chi connectivity index (χ1) is 9.74. The van der Waals surface area contributed by atoms with Gasteiger partial charge >= 0.3 is 0 Å². The van der Waals surface area contributed by atoms with Crippen molar-refractivity contribution in [3.8, 4) is 0 Å². The van der Waals surface area contributed by atoms with Crippen molar-refractivity contribution in [3.05, 3.63) is 71.3 Å². The van der Waals surface area contributed by atoms with Crippen LogP contribution in [0.2, 0.25) is 0 Å². The molecule has 0 spiro atoms. The normalized spacial score (nSPS) is 14.2. The molecule has 0 aliphatic carbocycles. The van der Waals surface area contributed by atoms with Crippen LogP contribution in [0.3, 0.4) is 0 Å². The summed E-state index contributed by atoms with van der Waals surface area (Å²) in [5.74, 6) is -0.0315. The number of amides is 1. The van der Waals surface area contributed by atoms with Crippen LogP contribution in [0.4, 0.5) is 0 Å². The van der Waals surface area contributed by atoms with Gasteiger partial charge in [-0.15, -0.1) is 0 Å². The third kappa shape index (κ3) is 2.48. The number of hydrogen-bond donors (Lipinski definition) is 0. The summed E-state index contributed by atoms with van der Waals surface area (Å²) in [6, 6.07) is 17.6. The number of carbonyl (C=O) groups is 1. The molecule has 20 heavy (non-hydrogen) atoms.